The Hall–Kier alpha value is -4.43. The minimum absolute atomic E-state index is 0.143. The molecule has 37 heavy (non-hydrogen) atoms. The fourth-order valence-corrected chi connectivity index (χ4v) is 5.26. The molecule has 0 amide bonds. The summed E-state index contributed by atoms with van der Waals surface area (Å²) in [4.78, 5) is 32.5. The zero-order chi connectivity index (χ0) is 25.9. The van der Waals surface area contributed by atoms with E-state index < -0.39 is 12.0 Å². The molecule has 186 valence electrons. The van der Waals surface area contributed by atoms with Gasteiger partial charge in [0.2, 0.25) is 0 Å². The van der Waals surface area contributed by atoms with E-state index in [1.54, 1.807) is 61.1 Å². The molecule has 0 bridgehead atoms. The number of aromatic nitrogens is 1. The average molecular weight is 513 g/mol. The van der Waals surface area contributed by atoms with Gasteiger partial charge in [0.05, 0.1) is 35.6 Å². The Bertz CT molecular complexity index is 1650. The van der Waals surface area contributed by atoms with Crippen molar-refractivity contribution in [2.45, 2.75) is 13.0 Å². The average Bonchev–Trinajstić information content (AvgIpc) is 3.24. The van der Waals surface area contributed by atoms with Gasteiger partial charge in [-0.2, -0.15) is 0 Å². The van der Waals surface area contributed by atoms with Crippen molar-refractivity contribution >= 4 is 29.1 Å². The summed E-state index contributed by atoms with van der Waals surface area (Å²) < 4.78 is 12.8. The molecule has 7 nitrogen and oxygen atoms in total. The number of phenolic OH excluding ortho intramolecular Hbond substituents is 1. The van der Waals surface area contributed by atoms with E-state index in [2.05, 4.69) is 0 Å². The number of methoxy groups -OCH3 is 1. The number of ether oxygens (including phenoxy) is 2. The molecule has 1 N–H and O–H groups in total. The lowest BCUT2D eigenvalue weighted by Gasteiger charge is -2.26. The van der Waals surface area contributed by atoms with Crippen molar-refractivity contribution in [3.8, 4) is 11.5 Å². The Morgan fingerprint density at radius 1 is 1.05 bits per heavy atom. The second-order valence-corrected chi connectivity index (χ2v) is 9.31. The van der Waals surface area contributed by atoms with Crippen LogP contribution in [-0.2, 0) is 9.53 Å². The molecule has 0 aliphatic carbocycles. The van der Waals surface area contributed by atoms with Crippen LogP contribution in [0, 0.1) is 0 Å². The first-order valence-electron chi connectivity index (χ1n) is 11.7. The Morgan fingerprint density at radius 3 is 2.41 bits per heavy atom. The van der Waals surface area contributed by atoms with Crippen LogP contribution in [0.4, 0.5) is 0 Å². The molecular formula is C29H24N2O5S. The number of esters is 1. The van der Waals surface area contributed by atoms with Crippen LogP contribution >= 0.6 is 11.3 Å². The summed E-state index contributed by atoms with van der Waals surface area (Å²) in [5, 5.41) is 9.62. The van der Waals surface area contributed by atoms with Crippen LogP contribution in [0.15, 0.2) is 94.2 Å². The number of hydrogen-bond donors (Lipinski definition) is 1. The van der Waals surface area contributed by atoms with Crippen LogP contribution in [0.25, 0.3) is 11.8 Å². The molecule has 0 spiro atoms. The van der Waals surface area contributed by atoms with Gasteiger partial charge in [-0.1, -0.05) is 65.9 Å². The van der Waals surface area contributed by atoms with Crippen LogP contribution in [0.5, 0.6) is 11.5 Å². The lowest BCUT2D eigenvalue weighted by molar-refractivity contribution is -0.138. The monoisotopic (exact) mass is 512 g/mol. The molecule has 0 unspecified atom stereocenters. The standard InChI is InChI=1S/C29H24N2O5S/c1-3-36-28(34)24-25(19-7-5-4-6-8-19)30-29-31(26(24)20-11-15-22(35-2)16-12-20)27(33)23(37-29)17-18-9-13-21(32)14-10-18/h4-17,26,32H,3H2,1-2H3/b23-17-/t26-/m1/s1. The first-order valence-corrected chi connectivity index (χ1v) is 12.5. The van der Waals surface area contributed by atoms with Gasteiger partial charge >= 0.3 is 5.97 Å². The maximum atomic E-state index is 13.8. The van der Waals surface area contributed by atoms with E-state index >= 15 is 0 Å². The molecule has 5 rings (SSSR count). The third-order valence-electron chi connectivity index (χ3n) is 6.00. The quantitative estimate of drug-likeness (QED) is 0.399. The molecular weight excluding hydrogens is 488 g/mol. The number of fused-ring (bicyclic) bond motifs is 1. The van der Waals surface area contributed by atoms with Crippen molar-refractivity contribution < 1.29 is 19.4 Å². The largest absolute Gasteiger partial charge is 0.508 e. The maximum absolute atomic E-state index is 13.8. The molecule has 2 heterocycles. The van der Waals surface area contributed by atoms with Crippen molar-refractivity contribution in [1.82, 2.24) is 4.57 Å². The Morgan fingerprint density at radius 2 is 1.76 bits per heavy atom. The van der Waals surface area contributed by atoms with Crippen molar-refractivity contribution in [3.05, 3.63) is 121 Å². The van der Waals surface area contributed by atoms with E-state index in [4.69, 9.17) is 14.5 Å². The minimum atomic E-state index is -0.751. The number of carbonyl (C=O) groups is 1. The molecule has 0 radical (unpaired) electrons. The van der Waals surface area contributed by atoms with Crippen LogP contribution in [0.2, 0.25) is 0 Å². The maximum Gasteiger partial charge on any atom is 0.338 e. The van der Waals surface area contributed by atoms with Gasteiger partial charge in [0.25, 0.3) is 5.56 Å². The molecule has 1 atom stereocenters. The highest BCUT2D eigenvalue weighted by molar-refractivity contribution is 7.07. The van der Waals surface area contributed by atoms with E-state index in [0.717, 1.165) is 16.7 Å². The molecule has 0 saturated heterocycles. The number of thiazole rings is 1. The summed E-state index contributed by atoms with van der Waals surface area (Å²) in [5.74, 6) is 0.275. The second-order valence-electron chi connectivity index (χ2n) is 8.30. The third-order valence-corrected chi connectivity index (χ3v) is 6.98. The van der Waals surface area contributed by atoms with E-state index in [-0.39, 0.29) is 17.9 Å². The third kappa shape index (κ3) is 4.71. The fourth-order valence-electron chi connectivity index (χ4n) is 4.26. The fraction of sp³-hybridized carbons (Fsp3) is 0.138. The number of benzene rings is 3. The van der Waals surface area contributed by atoms with Crippen LogP contribution in [0.3, 0.4) is 0 Å². The number of rotatable bonds is 6. The normalized spacial score (nSPS) is 15.2. The van der Waals surface area contributed by atoms with Gasteiger partial charge in [-0.05, 0) is 48.4 Å². The lowest BCUT2D eigenvalue weighted by atomic mass is 9.93. The Kier molecular flexibility index (Phi) is 6.74. The molecule has 1 aliphatic heterocycles. The van der Waals surface area contributed by atoms with Gasteiger partial charge in [-0.3, -0.25) is 9.36 Å². The number of hydrogen-bond acceptors (Lipinski definition) is 7. The van der Waals surface area contributed by atoms with Crippen molar-refractivity contribution in [2.75, 3.05) is 13.7 Å². The van der Waals surface area contributed by atoms with E-state index in [0.29, 0.717) is 26.4 Å². The number of carbonyl (C=O) groups excluding carboxylic acids is 1. The van der Waals surface area contributed by atoms with E-state index in [9.17, 15) is 14.7 Å². The minimum Gasteiger partial charge on any atom is -0.508 e. The highest BCUT2D eigenvalue weighted by Gasteiger charge is 2.35. The summed E-state index contributed by atoms with van der Waals surface area (Å²) in [7, 11) is 1.58. The Labute approximate surface area is 216 Å². The van der Waals surface area contributed by atoms with E-state index in [1.807, 2.05) is 42.5 Å². The van der Waals surface area contributed by atoms with Gasteiger partial charge in [0, 0.05) is 5.56 Å². The van der Waals surface area contributed by atoms with E-state index in [1.165, 1.54) is 11.3 Å². The number of phenols is 1. The number of nitrogens with zero attached hydrogens (tertiary/aromatic N) is 2. The number of aromatic hydroxyl groups is 1. The molecule has 1 aliphatic rings. The second kappa shape index (κ2) is 10.3. The van der Waals surface area contributed by atoms with Gasteiger partial charge in [0.15, 0.2) is 4.80 Å². The lowest BCUT2D eigenvalue weighted by Crippen LogP contribution is -2.40. The predicted octanol–water partition coefficient (Wildman–Crippen LogP) is 3.65. The zero-order valence-corrected chi connectivity index (χ0v) is 21.1. The first kappa shape index (κ1) is 24.3. The zero-order valence-electron chi connectivity index (χ0n) is 20.3. The van der Waals surface area contributed by atoms with Gasteiger partial charge < -0.3 is 14.6 Å². The van der Waals surface area contributed by atoms with Crippen molar-refractivity contribution in [1.29, 1.82) is 0 Å². The molecule has 3 aromatic carbocycles. The highest BCUT2D eigenvalue weighted by atomic mass is 32.1. The highest BCUT2D eigenvalue weighted by Crippen LogP contribution is 2.35. The molecule has 8 heteroatoms. The van der Waals surface area contributed by atoms with Crippen LogP contribution in [0.1, 0.15) is 29.7 Å². The molecule has 1 aromatic heterocycles. The molecule has 0 fully saturated rings. The van der Waals surface area contributed by atoms with Gasteiger partial charge in [-0.15, -0.1) is 0 Å². The summed E-state index contributed by atoms with van der Waals surface area (Å²) in [6.07, 6.45) is 1.75. The first-order chi connectivity index (χ1) is 18.0. The van der Waals surface area contributed by atoms with Crippen LogP contribution < -0.4 is 19.6 Å². The van der Waals surface area contributed by atoms with Crippen molar-refractivity contribution in [3.63, 3.8) is 0 Å². The predicted molar refractivity (Wildman–Crippen MR) is 142 cm³/mol. The summed E-state index contributed by atoms with van der Waals surface area (Å²) in [6, 6.07) is 22.5. The smallest absolute Gasteiger partial charge is 0.338 e. The van der Waals surface area contributed by atoms with Crippen molar-refractivity contribution in [2.24, 2.45) is 4.99 Å². The molecule has 4 aromatic rings. The Balaban J connectivity index is 1.81. The summed E-state index contributed by atoms with van der Waals surface area (Å²) in [5.41, 5.74) is 2.73. The SMILES string of the molecule is CCOC(=O)C1=C(c2ccccc2)N=c2s/c(=C\c3ccc(O)cc3)c(=O)n2[C@@H]1c1ccc(OC)cc1. The molecule has 0 saturated carbocycles. The van der Waals surface area contributed by atoms with Crippen LogP contribution in [-0.4, -0.2) is 29.4 Å². The summed E-state index contributed by atoms with van der Waals surface area (Å²) >= 11 is 1.25. The van der Waals surface area contributed by atoms with Gasteiger partial charge in [0.1, 0.15) is 11.5 Å². The topological polar surface area (TPSA) is 90.1 Å². The summed E-state index contributed by atoms with van der Waals surface area (Å²) in [6.45, 7) is 1.93. The van der Waals surface area contributed by atoms with Gasteiger partial charge in [-0.25, -0.2) is 9.79 Å².